The lowest BCUT2D eigenvalue weighted by Gasteiger charge is -2.36. The average Bonchev–Trinajstić information content (AvgIpc) is 2.78. The zero-order valence-electron chi connectivity index (χ0n) is 18.7. The van der Waals surface area contributed by atoms with E-state index in [-0.39, 0.29) is 17.6 Å². The number of methoxy groups -OCH3 is 2. The maximum Gasteiger partial charge on any atom is 0.255 e. The highest BCUT2D eigenvalue weighted by atomic mass is 16.5. The van der Waals surface area contributed by atoms with Crippen LogP contribution in [-0.2, 0) is 9.59 Å². The van der Waals surface area contributed by atoms with Gasteiger partial charge in [-0.2, -0.15) is 0 Å². The molecule has 2 aliphatic rings. The summed E-state index contributed by atoms with van der Waals surface area (Å²) in [5.74, 6) is 1.07. The number of hydrogen-bond acceptors (Lipinski definition) is 6. The van der Waals surface area contributed by atoms with Crippen LogP contribution in [0.25, 0.3) is 0 Å². The summed E-state index contributed by atoms with van der Waals surface area (Å²) in [4.78, 5) is 30.9. The van der Waals surface area contributed by atoms with E-state index in [0.717, 1.165) is 23.4 Å². The molecule has 1 aliphatic heterocycles. The number of nitrogens with one attached hydrogen (secondary N) is 2. The quantitative estimate of drug-likeness (QED) is 0.742. The summed E-state index contributed by atoms with van der Waals surface area (Å²) < 4.78 is 10.9. The number of aromatic nitrogens is 1. The maximum absolute atomic E-state index is 13.4. The SMILES string of the molecule is COc1ccc(C2C(C(=O)Nc3ccccn3)=C(C)NC3=C2C(=O)CC(C)C3)cc1OC. The van der Waals surface area contributed by atoms with Gasteiger partial charge in [-0.1, -0.05) is 19.1 Å². The van der Waals surface area contributed by atoms with E-state index in [2.05, 4.69) is 22.5 Å². The van der Waals surface area contributed by atoms with Gasteiger partial charge >= 0.3 is 0 Å². The third-order valence-corrected chi connectivity index (χ3v) is 5.92. The molecule has 1 aromatic heterocycles. The van der Waals surface area contributed by atoms with E-state index in [0.29, 0.717) is 34.9 Å². The number of benzene rings is 1. The Hall–Kier alpha value is -3.61. The molecule has 32 heavy (non-hydrogen) atoms. The second-order valence-electron chi connectivity index (χ2n) is 8.21. The normalized spacial score (nSPS) is 20.4. The number of allylic oxidation sites excluding steroid dienone is 3. The van der Waals surface area contributed by atoms with E-state index in [9.17, 15) is 9.59 Å². The van der Waals surface area contributed by atoms with Crippen molar-refractivity contribution in [1.29, 1.82) is 0 Å². The van der Waals surface area contributed by atoms with Crippen molar-refractivity contribution in [3.05, 3.63) is 70.7 Å². The molecule has 2 atom stereocenters. The van der Waals surface area contributed by atoms with Gasteiger partial charge in [0.1, 0.15) is 5.82 Å². The number of nitrogens with zero attached hydrogens (tertiary/aromatic N) is 1. The standard InChI is InChI=1S/C25H27N3O4/c1-14-11-17-24(18(29)12-14)23(16-8-9-19(31-3)20(13-16)32-4)22(15(2)27-17)25(30)28-21-7-5-6-10-26-21/h5-10,13-14,23,27H,11-12H2,1-4H3,(H,26,28,30). The van der Waals surface area contributed by atoms with Gasteiger partial charge in [0.15, 0.2) is 17.3 Å². The molecule has 0 fully saturated rings. The summed E-state index contributed by atoms with van der Waals surface area (Å²) >= 11 is 0. The monoisotopic (exact) mass is 433 g/mol. The lowest BCUT2D eigenvalue weighted by molar-refractivity contribution is -0.117. The first kappa shape index (κ1) is 21.6. The fourth-order valence-corrected chi connectivity index (χ4v) is 4.52. The van der Waals surface area contributed by atoms with Gasteiger partial charge in [0.25, 0.3) is 5.91 Å². The highest BCUT2D eigenvalue weighted by molar-refractivity contribution is 6.09. The fourth-order valence-electron chi connectivity index (χ4n) is 4.52. The van der Waals surface area contributed by atoms with E-state index in [1.165, 1.54) is 0 Å². The minimum absolute atomic E-state index is 0.0571. The molecule has 0 radical (unpaired) electrons. The summed E-state index contributed by atoms with van der Waals surface area (Å²) in [7, 11) is 3.14. The first-order chi connectivity index (χ1) is 15.4. The van der Waals surface area contributed by atoms with Crippen LogP contribution in [-0.4, -0.2) is 30.9 Å². The number of anilines is 1. The molecule has 0 saturated heterocycles. The zero-order valence-corrected chi connectivity index (χ0v) is 18.7. The molecule has 2 N–H and O–H groups in total. The number of hydrogen-bond donors (Lipinski definition) is 2. The van der Waals surface area contributed by atoms with E-state index in [1.807, 2.05) is 25.1 Å². The first-order valence-corrected chi connectivity index (χ1v) is 10.6. The lowest BCUT2D eigenvalue weighted by atomic mass is 9.73. The molecule has 166 valence electrons. The van der Waals surface area contributed by atoms with Crippen molar-refractivity contribution >= 4 is 17.5 Å². The second kappa shape index (κ2) is 8.86. The van der Waals surface area contributed by atoms with Gasteiger partial charge in [-0.05, 0) is 49.1 Å². The molecule has 2 aromatic rings. The van der Waals surface area contributed by atoms with Crippen LogP contribution in [0.5, 0.6) is 11.5 Å². The van der Waals surface area contributed by atoms with Crippen molar-refractivity contribution in [1.82, 2.24) is 10.3 Å². The molecule has 1 aromatic carbocycles. The molecular formula is C25H27N3O4. The molecule has 0 saturated carbocycles. The Morgan fingerprint density at radius 3 is 2.59 bits per heavy atom. The molecule has 2 unspecified atom stereocenters. The molecular weight excluding hydrogens is 406 g/mol. The van der Waals surface area contributed by atoms with Crippen LogP contribution < -0.4 is 20.1 Å². The van der Waals surface area contributed by atoms with Gasteiger partial charge in [0, 0.05) is 41.1 Å². The van der Waals surface area contributed by atoms with Crippen molar-refractivity contribution in [2.75, 3.05) is 19.5 Å². The van der Waals surface area contributed by atoms with E-state index >= 15 is 0 Å². The Labute approximate surface area is 187 Å². The topological polar surface area (TPSA) is 89.5 Å². The van der Waals surface area contributed by atoms with Crippen molar-refractivity contribution in [3.63, 3.8) is 0 Å². The van der Waals surface area contributed by atoms with Crippen molar-refractivity contribution in [3.8, 4) is 11.5 Å². The number of amides is 1. The van der Waals surface area contributed by atoms with Gasteiger partial charge in [0.2, 0.25) is 0 Å². The van der Waals surface area contributed by atoms with Crippen molar-refractivity contribution < 1.29 is 19.1 Å². The molecule has 7 heteroatoms. The Bertz CT molecular complexity index is 1120. The summed E-state index contributed by atoms with van der Waals surface area (Å²) in [6.07, 6.45) is 2.84. The Balaban J connectivity index is 1.83. The van der Waals surface area contributed by atoms with E-state index in [4.69, 9.17) is 9.47 Å². The van der Waals surface area contributed by atoms with Crippen LogP contribution in [0, 0.1) is 5.92 Å². The van der Waals surface area contributed by atoms with Crippen LogP contribution >= 0.6 is 0 Å². The van der Waals surface area contributed by atoms with Crippen LogP contribution in [0.1, 0.15) is 38.2 Å². The predicted molar refractivity (Wildman–Crippen MR) is 121 cm³/mol. The molecule has 2 heterocycles. The number of Topliss-reactive ketones (excluding diaryl/α,β-unsaturated/α-hetero) is 1. The Morgan fingerprint density at radius 1 is 1.12 bits per heavy atom. The van der Waals surface area contributed by atoms with Crippen molar-refractivity contribution in [2.24, 2.45) is 5.92 Å². The number of pyridine rings is 1. The molecule has 1 amide bonds. The number of dihydropyridines is 1. The Kier molecular flexibility index (Phi) is 5.99. The number of ether oxygens (including phenoxy) is 2. The number of rotatable bonds is 5. The van der Waals surface area contributed by atoms with Crippen LogP contribution in [0.2, 0.25) is 0 Å². The van der Waals surface area contributed by atoms with Crippen LogP contribution in [0.3, 0.4) is 0 Å². The number of ketones is 1. The maximum atomic E-state index is 13.4. The highest BCUT2D eigenvalue weighted by Crippen LogP contribution is 2.45. The van der Waals surface area contributed by atoms with Gasteiger partial charge in [-0.15, -0.1) is 0 Å². The Morgan fingerprint density at radius 2 is 1.91 bits per heavy atom. The summed E-state index contributed by atoms with van der Waals surface area (Å²) in [5, 5.41) is 6.22. The van der Waals surface area contributed by atoms with E-state index < -0.39 is 5.92 Å². The lowest BCUT2D eigenvalue weighted by Crippen LogP contribution is -2.37. The van der Waals surface area contributed by atoms with Gasteiger partial charge in [0.05, 0.1) is 14.2 Å². The number of carbonyl (C=O) groups is 2. The average molecular weight is 434 g/mol. The summed E-state index contributed by atoms with van der Waals surface area (Å²) in [6.45, 7) is 3.94. The third kappa shape index (κ3) is 3.98. The summed E-state index contributed by atoms with van der Waals surface area (Å²) in [5.41, 5.74) is 3.54. The largest absolute Gasteiger partial charge is 0.493 e. The van der Waals surface area contributed by atoms with Gasteiger partial charge < -0.3 is 20.1 Å². The van der Waals surface area contributed by atoms with Gasteiger partial charge in [-0.25, -0.2) is 4.98 Å². The third-order valence-electron chi connectivity index (χ3n) is 5.92. The smallest absolute Gasteiger partial charge is 0.255 e. The number of carbonyl (C=O) groups excluding carboxylic acids is 2. The minimum Gasteiger partial charge on any atom is -0.493 e. The molecule has 1 aliphatic carbocycles. The van der Waals surface area contributed by atoms with Crippen LogP contribution in [0.15, 0.2) is 65.1 Å². The summed E-state index contributed by atoms with van der Waals surface area (Å²) in [6, 6.07) is 10.8. The fraction of sp³-hybridized carbons (Fsp3) is 0.320. The van der Waals surface area contributed by atoms with Gasteiger partial charge in [-0.3, -0.25) is 9.59 Å². The van der Waals surface area contributed by atoms with E-state index in [1.54, 1.807) is 38.6 Å². The highest BCUT2D eigenvalue weighted by Gasteiger charge is 2.40. The van der Waals surface area contributed by atoms with Crippen molar-refractivity contribution in [2.45, 2.75) is 32.6 Å². The first-order valence-electron chi connectivity index (χ1n) is 10.6. The molecule has 4 rings (SSSR count). The second-order valence-corrected chi connectivity index (χ2v) is 8.21. The molecule has 0 spiro atoms. The minimum atomic E-state index is -0.519. The molecule has 0 bridgehead atoms. The van der Waals surface area contributed by atoms with Crippen LogP contribution in [0.4, 0.5) is 5.82 Å². The zero-order chi connectivity index (χ0) is 22.8. The predicted octanol–water partition coefficient (Wildman–Crippen LogP) is 3.95. The molecule has 7 nitrogen and oxygen atoms in total.